The van der Waals surface area contributed by atoms with E-state index < -0.39 is 0 Å². The largest absolute Gasteiger partial charge is 0.316 e. The minimum atomic E-state index is -0.153. The minimum Gasteiger partial charge on any atom is -0.316 e. The number of hydrogen-bond acceptors (Lipinski definition) is 5. The molecule has 5 nitrogen and oxygen atoms in total. The van der Waals surface area contributed by atoms with Crippen LogP contribution in [0.1, 0.15) is 29.1 Å². The van der Waals surface area contributed by atoms with E-state index in [4.69, 9.17) is 10.5 Å². The number of rotatable bonds is 7. The van der Waals surface area contributed by atoms with E-state index in [1.165, 1.54) is 14.7 Å². The zero-order valence-electron chi connectivity index (χ0n) is 12.7. The highest BCUT2D eigenvalue weighted by Crippen LogP contribution is 2.26. The maximum Gasteiger partial charge on any atom is 0.225 e. The van der Waals surface area contributed by atoms with Crippen molar-refractivity contribution in [2.75, 3.05) is 26.7 Å². The quantitative estimate of drug-likeness (QED) is 0.725. The third-order valence-electron chi connectivity index (χ3n) is 3.39. The second-order valence-corrected chi connectivity index (χ2v) is 6.24. The zero-order valence-corrected chi connectivity index (χ0v) is 13.5. The molecule has 0 saturated carbocycles. The summed E-state index contributed by atoms with van der Waals surface area (Å²) in [7, 11) is 1.98. The van der Waals surface area contributed by atoms with Gasteiger partial charge in [0.2, 0.25) is 5.91 Å². The third kappa shape index (κ3) is 5.18. The molecule has 1 atom stereocenters. The van der Waals surface area contributed by atoms with Crippen molar-refractivity contribution in [1.29, 1.82) is 10.5 Å². The predicted molar refractivity (Wildman–Crippen MR) is 82.5 cm³/mol. The molecule has 0 bridgehead atoms. The van der Waals surface area contributed by atoms with Crippen LogP contribution in [0.2, 0.25) is 0 Å². The molecule has 0 aromatic carbocycles. The number of amides is 1. The van der Waals surface area contributed by atoms with Crippen LogP contribution in [0.15, 0.2) is 12.1 Å². The van der Waals surface area contributed by atoms with Crippen molar-refractivity contribution in [2.24, 2.45) is 0 Å². The molecule has 0 fully saturated rings. The first kappa shape index (κ1) is 17.2. The average Bonchev–Trinajstić information content (AvgIpc) is 2.89. The smallest absolute Gasteiger partial charge is 0.225 e. The summed E-state index contributed by atoms with van der Waals surface area (Å²) in [6, 6.07) is 8.28. The number of nitriles is 2. The summed E-state index contributed by atoms with van der Waals surface area (Å²) in [5, 5.41) is 17.3. The maximum absolute atomic E-state index is 12.0. The molecule has 0 saturated heterocycles. The fourth-order valence-corrected chi connectivity index (χ4v) is 2.92. The summed E-state index contributed by atoms with van der Waals surface area (Å²) >= 11 is 1.76. The van der Waals surface area contributed by atoms with Crippen LogP contribution in [0.5, 0.6) is 0 Å². The Morgan fingerprint density at radius 2 is 1.95 bits per heavy atom. The van der Waals surface area contributed by atoms with E-state index in [1.807, 2.05) is 19.2 Å². The molecule has 0 unspecified atom stereocenters. The minimum absolute atomic E-state index is 0.0320. The van der Waals surface area contributed by atoms with Crippen LogP contribution in [0, 0.1) is 29.6 Å². The van der Waals surface area contributed by atoms with Gasteiger partial charge < -0.3 is 4.90 Å². The van der Waals surface area contributed by atoms with Gasteiger partial charge in [-0.25, -0.2) is 0 Å². The Hall–Kier alpha value is -1.89. The monoisotopic (exact) mass is 304 g/mol. The lowest BCUT2D eigenvalue weighted by molar-refractivity contribution is -0.130. The van der Waals surface area contributed by atoms with Gasteiger partial charge in [0.25, 0.3) is 0 Å². The molecule has 112 valence electrons. The van der Waals surface area contributed by atoms with Crippen molar-refractivity contribution < 1.29 is 4.79 Å². The highest BCUT2D eigenvalue weighted by molar-refractivity contribution is 7.12. The second-order valence-electron chi connectivity index (χ2n) is 4.92. The van der Waals surface area contributed by atoms with Gasteiger partial charge in [0.05, 0.1) is 12.1 Å². The number of hydrogen-bond donors (Lipinski definition) is 0. The van der Waals surface area contributed by atoms with Crippen molar-refractivity contribution in [1.82, 2.24) is 9.80 Å². The molecule has 0 aliphatic rings. The van der Waals surface area contributed by atoms with Gasteiger partial charge in [-0.05, 0) is 33.0 Å². The Morgan fingerprint density at radius 1 is 1.33 bits per heavy atom. The third-order valence-corrected chi connectivity index (χ3v) is 4.56. The molecule has 6 heteroatoms. The van der Waals surface area contributed by atoms with Crippen molar-refractivity contribution >= 4 is 17.2 Å². The van der Waals surface area contributed by atoms with Crippen LogP contribution in [-0.4, -0.2) is 42.4 Å². The first-order chi connectivity index (χ1) is 9.99. The average molecular weight is 304 g/mol. The molecule has 1 amide bonds. The predicted octanol–water partition coefficient (Wildman–Crippen LogP) is 2.32. The Balaban J connectivity index is 2.52. The van der Waals surface area contributed by atoms with Crippen molar-refractivity contribution in [3.8, 4) is 12.1 Å². The fraction of sp³-hybridized carbons (Fsp3) is 0.533. The summed E-state index contributed by atoms with van der Waals surface area (Å²) < 4.78 is 0. The van der Waals surface area contributed by atoms with E-state index >= 15 is 0 Å². The van der Waals surface area contributed by atoms with Crippen molar-refractivity contribution in [2.45, 2.75) is 26.3 Å². The van der Waals surface area contributed by atoms with E-state index in [9.17, 15) is 4.79 Å². The summed E-state index contributed by atoms with van der Waals surface area (Å²) in [6.45, 7) is 4.72. The molecule has 0 spiro atoms. The van der Waals surface area contributed by atoms with Gasteiger partial charge in [0, 0.05) is 28.8 Å². The lowest BCUT2D eigenvalue weighted by atomic mass is 10.2. The number of carbonyl (C=O) groups is 1. The molecule has 0 aliphatic heterocycles. The zero-order chi connectivity index (χ0) is 15.8. The fourth-order valence-electron chi connectivity index (χ4n) is 1.92. The number of thiophene rings is 1. The van der Waals surface area contributed by atoms with E-state index in [-0.39, 0.29) is 25.0 Å². The Kier molecular flexibility index (Phi) is 6.87. The van der Waals surface area contributed by atoms with Gasteiger partial charge in [-0.1, -0.05) is 0 Å². The molecular formula is C15H20N4OS. The first-order valence-corrected chi connectivity index (χ1v) is 7.59. The highest BCUT2D eigenvalue weighted by atomic mass is 32.1. The molecule has 0 aliphatic carbocycles. The Bertz CT molecular complexity index is 539. The maximum atomic E-state index is 12.0. The molecule has 1 aromatic heterocycles. The van der Waals surface area contributed by atoms with Gasteiger partial charge in [-0.15, -0.1) is 11.3 Å². The molecule has 1 rings (SSSR count). The van der Waals surface area contributed by atoms with Crippen molar-refractivity contribution in [3.63, 3.8) is 0 Å². The summed E-state index contributed by atoms with van der Waals surface area (Å²) in [5.41, 5.74) is 0. The van der Waals surface area contributed by atoms with Crippen LogP contribution in [0.3, 0.4) is 0 Å². The number of aryl methyl sites for hydroxylation is 1. The Labute approximate surface area is 130 Å². The van der Waals surface area contributed by atoms with Crippen LogP contribution in [-0.2, 0) is 4.79 Å². The van der Waals surface area contributed by atoms with E-state index in [2.05, 4.69) is 30.9 Å². The molecule has 0 N–H and O–H groups in total. The van der Waals surface area contributed by atoms with Gasteiger partial charge in [0.15, 0.2) is 0 Å². The van der Waals surface area contributed by atoms with Gasteiger partial charge in [-0.2, -0.15) is 10.5 Å². The SMILES string of the molecule is Cc1ccc([C@@H](C)N(C)CCC(=O)N(CC#N)CC#N)s1. The summed E-state index contributed by atoms with van der Waals surface area (Å²) in [5.74, 6) is -0.153. The van der Waals surface area contributed by atoms with Crippen LogP contribution in [0.4, 0.5) is 0 Å². The summed E-state index contributed by atoms with van der Waals surface area (Å²) in [6.07, 6.45) is 0.314. The van der Waals surface area contributed by atoms with Gasteiger partial charge >= 0.3 is 0 Å². The molecule has 1 heterocycles. The second kappa shape index (κ2) is 8.41. The van der Waals surface area contributed by atoms with E-state index in [0.717, 1.165) is 0 Å². The number of carbonyl (C=O) groups excluding carboxylic acids is 1. The normalized spacial score (nSPS) is 11.7. The van der Waals surface area contributed by atoms with E-state index in [0.29, 0.717) is 13.0 Å². The van der Waals surface area contributed by atoms with Crippen LogP contribution >= 0.6 is 11.3 Å². The summed E-state index contributed by atoms with van der Waals surface area (Å²) in [4.78, 5) is 17.9. The molecule has 1 aromatic rings. The molecule has 0 radical (unpaired) electrons. The van der Waals surface area contributed by atoms with Crippen LogP contribution < -0.4 is 0 Å². The lowest BCUT2D eigenvalue weighted by Gasteiger charge is -2.24. The molecule has 21 heavy (non-hydrogen) atoms. The first-order valence-electron chi connectivity index (χ1n) is 6.77. The number of nitrogens with zero attached hydrogens (tertiary/aromatic N) is 4. The standard InChI is InChI=1S/C15H20N4OS/c1-12-4-5-14(21-12)13(2)18(3)9-6-15(20)19(10-7-16)11-8-17/h4-5,13H,6,9-11H2,1-3H3/t13-/m1/s1. The van der Waals surface area contributed by atoms with Crippen LogP contribution in [0.25, 0.3) is 0 Å². The molecular weight excluding hydrogens is 284 g/mol. The lowest BCUT2D eigenvalue weighted by Crippen LogP contribution is -2.34. The highest BCUT2D eigenvalue weighted by Gasteiger charge is 2.17. The van der Waals surface area contributed by atoms with Gasteiger partial charge in [-0.3, -0.25) is 9.69 Å². The van der Waals surface area contributed by atoms with Gasteiger partial charge in [0.1, 0.15) is 13.1 Å². The Morgan fingerprint density at radius 3 is 2.43 bits per heavy atom. The van der Waals surface area contributed by atoms with E-state index in [1.54, 1.807) is 11.3 Å². The topological polar surface area (TPSA) is 71.1 Å². The van der Waals surface area contributed by atoms with Crippen molar-refractivity contribution in [3.05, 3.63) is 21.9 Å².